The Hall–Kier alpha value is -9.77. The number of benzene rings is 13. The molecule has 13 aromatic carbocycles. The van der Waals surface area contributed by atoms with Crippen molar-refractivity contribution < 1.29 is 0 Å². The van der Waals surface area contributed by atoms with E-state index in [9.17, 15) is 0 Å². The van der Waals surface area contributed by atoms with E-state index >= 15 is 0 Å². The number of hydrogen-bond acceptors (Lipinski definition) is 4. The molecule has 7 heteroatoms. The third kappa shape index (κ3) is 7.12. The van der Waals surface area contributed by atoms with E-state index in [1.165, 1.54) is 108 Å². The zero-order valence-electron chi connectivity index (χ0n) is 44.1. The van der Waals surface area contributed by atoms with Gasteiger partial charge in [0.15, 0.2) is 0 Å². The molecule has 4 heterocycles. The molecular formula is C74H48B2N4Se. The first kappa shape index (κ1) is 46.2. The maximum absolute atomic E-state index is 2.67. The molecule has 4 aliphatic rings. The molecule has 13 aromatic rings. The normalized spacial score (nSPS) is 13.3. The van der Waals surface area contributed by atoms with Gasteiger partial charge in [-0.15, -0.1) is 0 Å². The number of fused-ring (bicyclic) bond motifs is 10. The molecule has 17 rings (SSSR count). The van der Waals surface area contributed by atoms with E-state index in [-0.39, 0.29) is 28.4 Å². The zero-order valence-corrected chi connectivity index (χ0v) is 45.8. The molecule has 0 radical (unpaired) electrons. The second-order valence-electron chi connectivity index (χ2n) is 21.6. The first-order valence-corrected chi connectivity index (χ1v) is 29.7. The first-order chi connectivity index (χ1) is 40.2. The molecule has 0 saturated heterocycles. The average molecular weight is 1090 g/mol. The summed E-state index contributed by atoms with van der Waals surface area (Å²) in [6.45, 7) is -0.0730. The summed E-state index contributed by atoms with van der Waals surface area (Å²) in [5.41, 5.74) is 24.6. The van der Waals surface area contributed by atoms with Gasteiger partial charge in [-0.2, -0.15) is 0 Å². The third-order valence-electron chi connectivity index (χ3n) is 17.2. The molecule has 0 aliphatic carbocycles. The van der Waals surface area contributed by atoms with Gasteiger partial charge in [0.1, 0.15) is 0 Å². The summed E-state index contributed by atoms with van der Waals surface area (Å²) in [6, 6.07) is 109. The Balaban J connectivity index is 0.960. The number of rotatable bonds is 7. The molecule has 0 aromatic heterocycles. The summed E-state index contributed by atoms with van der Waals surface area (Å²) in [6.07, 6.45) is 0. The van der Waals surface area contributed by atoms with Crippen molar-refractivity contribution in [2.24, 2.45) is 0 Å². The van der Waals surface area contributed by atoms with Crippen LogP contribution < -0.4 is 61.3 Å². The van der Waals surface area contributed by atoms with E-state index in [1.807, 2.05) is 0 Å². The molecule has 0 saturated carbocycles. The van der Waals surface area contributed by atoms with Crippen LogP contribution in [0, 0.1) is 0 Å². The van der Waals surface area contributed by atoms with Gasteiger partial charge in [-0.05, 0) is 0 Å². The second kappa shape index (κ2) is 18.4. The van der Waals surface area contributed by atoms with Crippen LogP contribution in [-0.4, -0.2) is 28.4 Å². The molecular weight excluding hydrogens is 1050 g/mol. The quantitative estimate of drug-likeness (QED) is 0.116. The maximum atomic E-state index is 2.67. The molecule has 0 unspecified atom stereocenters. The van der Waals surface area contributed by atoms with Gasteiger partial charge < -0.3 is 0 Å². The van der Waals surface area contributed by atoms with Gasteiger partial charge in [0.2, 0.25) is 0 Å². The van der Waals surface area contributed by atoms with Gasteiger partial charge in [0.05, 0.1) is 0 Å². The SMILES string of the molecule is c1ccc(N(c2ccccc2)c2cc3c4c(c2)N(c2ccccc2)c2cc5c(cc2B4c2ccccc2N3c2ccccc2)B2c3ccccc3N(c3ccccc3)c3cc(-c4c6ccccc6cc6ccccc46)cc(c32)[Se]5)cc1. The Morgan fingerprint density at radius 2 is 0.716 bits per heavy atom. The fraction of sp³-hybridized carbons (Fsp3) is 0. The molecule has 376 valence electrons. The summed E-state index contributed by atoms with van der Waals surface area (Å²) in [7, 11) is 0. The predicted molar refractivity (Wildman–Crippen MR) is 346 cm³/mol. The monoisotopic (exact) mass is 1090 g/mol. The van der Waals surface area contributed by atoms with E-state index < -0.39 is 0 Å². The Morgan fingerprint density at radius 1 is 0.284 bits per heavy atom. The molecule has 0 atom stereocenters. The van der Waals surface area contributed by atoms with Crippen molar-refractivity contribution in [1.82, 2.24) is 0 Å². The van der Waals surface area contributed by atoms with Crippen LogP contribution in [0.5, 0.6) is 0 Å². The summed E-state index contributed by atoms with van der Waals surface area (Å²) < 4.78 is 2.84. The molecule has 4 aliphatic heterocycles. The van der Waals surface area contributed by atoms with Gasteiger partial charge in [-0.25, -0.2) is 0 Å². The standard InChI is InChI=1S/C74H48B2N4Se/c1-6-26-52(27-7-1)77(53-28-8-2-9-29-53)57-45-68-73-69(46-57)80(56-34-14-5-15-35-56)66-48-70-63(47-62(66)75(73)60-38-20-22-40-64(60)79(68)55-32-12-4-13-33-55)76-61-39-21-23-41-65(61)78(54-30-10-3-11-31-54)67-43-51(44-71(81-70)74(67)76)72-58-36-18-16-24-49(58)42-50-25-17-19-37-59(50)72/h1-48H. The fourth-order valence-corrected chi connectivity index (χ4v) is 16.4. The van der Waals surface area contributed by atoms with Crippen molar-refractivity contribution in [3.63, 3.8) is 0 Å². The molecule has 4 nitrogen and oxygen atoms in total. The Morgan fingerprint density at radius 3 is 1.25 bits per heavy atom. The van der Waals surface area contributed by atoms with Gasteiger partial charge >= 0.3 is 482 Å². The van der Waals surface area contributed by atoms with Crippen molar-refractivity contribution in [2.75, 3.05) is 19.6 Å². The van der Waals surface area contributed by atoms with E-state index in [0.717, 1.165) is 34.1 Å². The molecule has 0 amide bonds. The first-order valence-electron chi connectivity index (χ1n) is 28.0. The van der Waals surface area contributed by atoms with E-state index in [2.05, 4.69) is 311 Å². The number of nitrogens with zero attached hydrogens (tertiary/aromatic N) is 4. The van der Waals surface area contributed by atoms with Crippen LogP contribution >= 0.6 is 0 Å². The summed E-state index contributed by atoms with van der Waals surface area (Å²) >= 11 is -0.0857. The van der Waals surface area contributed by atoms with Crippen LogP contribution in [0.1, 0.15) is 0 Å². The Labute approximate surface area is 478 Å². The Kier molecular flexibility index (Phi) is 10.5. The number of anilines is 12. The van der Waals surface area contributed by atoms with Gasteiger partial charge in [-0.3, -0.25) is 0 Å². The van der Waals surface area contributed by atoms with Crippen LogP contribution in [0.15, 0.2) is 291 Å². The average Bonchev–Trinajstić information content (AvgIpc) is 3.67. The molecule has 0 fully saturated rings. The summed E-state index contributed by atoms with van der Waals surface area (Å²) in [4.78, 5) is 10.1. The van der Waals surface area contributed by atoms with Crippen LogP contribution in [-0.2, 0) is 0 Å². The number of hydrogen-bond donors (Lipinski definition) is 0. The topological polar surface area (TPSA) is 13.0 Å². The molecule has 0 bridgehead atoms. The van der Waals surface area contributed by atoms with Crippen LogP contribution in [0.3, 0.4) is 0 Å². The van der Waals surface area contributed by atoms with Gasteiger partial charge in [-0.1, -0.05) is 0 Å². The van der Waals surface area contributed by atoms with Gasteiger partial charge in [0, 0.05) is 0 Å². The summed E-state index contributed by atoms with van der Waals surface area (Å²) in [5, 5.41) is 5.05. The zero-order chi connectivity index (χ0) is 53.1. The van der Waals surface area contributed by atoms with E-state index in [0.29, 0.717) is 0 Å². The Bertz CT molecular complexity index is 4560. The predicted octanol–water partition coefficient (Wildman–Crippen LogP) is 13.5. The van der Waals surface area contributed by atoms with Crippen LogP contribution in [0.25, 0.3) is 32.7 Å². The van der Waals surface area contributed by atoms with Crippen LogP contribution in [0.4, 0.5) is 68.2 Å². The molecule has 0 N–H and O–H groups in total. The van der Waals surface area contributed by atoms with E-state index in [4.69, 9.17) is 0 Å². The molecule has 81 heavy (non-hydrogen) atoms. The van der Waals surface area contributed by atoms with E-state index in [1.54, 1.807) is 0 Å². The van der Waals surface area contributed by atoms with Crippen molar-refractivity contribution in [2.45, 2.75) is 0 Å². The van der Waals surface area contributed by atoms with Crippen molar-refractivity contribution in [3.8, 4) is 11.1 Å². The van der Waals surface area contributed by atoms with Crippen molar-refractivity contribution in [3.05, 3.63) is 291 Å². The van der Waals surface area contributed by atoms with Crippen molar-refractivity contribution >= 4 is 160 Å². The third-order valence-corrected chi connectivity index (χ3v) is 19.5. The summed E-state index contributed by atoms with van der Waals surface area (Å²) in [5.74, 6) is 0. The minimum absolute atomic E-state index is 0.00114. The minimum atomic E-state index is -0.0857. The van der Waals surface area contributed by atoms with Gasteiger partial charge in [0.25, 0.3) is 0 Å². The second-order valence-corrected chi connectivity index (χ2v) is 23.8. The van der Waals surface area contributed by atoms with Crippen LogP contribution in [0.2, 0.25) is 0 Å². The fourth-order valence-electron chi connectivity index (χ4n) is 13.9. The molecule has 0 spiro atoms. The number of para-hydroxylation sites is 7. The van der Waals surface area contributed by atoms with Crippen molar-refractivity contribution in [1.29, 1.82) is 0 Å².